The van der Waals surface area contributed by atoms with Crippen LogP contribution in [0.1, 0.15) is 58.9 Å². The van der Waals surface area contributed by atoms with Crippen molar-refractivity contribution in [3.8, 4) is 0 Å². The first-order valence-electron chi connectivity index (χ1n) is 14.0. The molecule has 3 amide bonds. The topological polar surface area (TPSA) is 231 Å². The van der Waals surface area contributed by atoms with Crippen molar-refractivity contribution in [3.05, 3.63) is 35.9 Å². The first-order valence-corrected chi connectivity index (χ1v) is 17.3. The lowest BCUT2D eigenvalue weighted by atomic mass is 9.97. The van der Waals surface area contributed by atoms with Crippen molar-refractivity contribution in [2.75, 3.05) is 13.6 Å². The average Bonchev–Trinajstić information content (AvgIpc) is 2.90. The summed E-state index contributed by atoms with van der Waals surface area (Å²) in [5, 5.41) is 12.2. The minimum Gasteiger partial charge on any atom is -0.777 e. The van der Waals surface area contributed by atoms with Gasteiger partial charge in [-0.25, -0.2) is 9.80 Å². The predicted octanol–water partition coefficient (Wildman–Crippen LogP) is 0.262. The summed E-state index contributed by atoms with van der Waals surface area (Å²) in [5.41, 5.74) is -1.90. The van der Waals surface area contributed by atoms with Crippen LogP contribution in [-0.2, 0) is 30.1 Å². The fourth-order valence-electron chi connectivity index (χ4n) is 3.89. The van der Waals surface area contributed by atoms with Gasteiger partial charge in [0, 0.05) is 12.8 Å². The number of hydrogen-bond donors (Lipinski definition) is 7. The number of rotatable bonds is 18. The summed E-state index contributed by atoms with van der Waals surface area (Å²) in [5.74, 6) is -1.35. The molecule has 3 unspecified atom stereocenters. The van der Waals surface area contributed by atoms with Gasteiger partial charge in [0.25, 0.3) is 0 Å². The zero-order chi connectivity index (χ0) is 32.8. The highest BCUT2D eigenvalue weighted by atomic mass is 31.2. The Kier molecular flexibility index (Phi) is 16.3. The number of nitrogens with one attached hydrogen (secondary N) is 4. The molecule has 0 fully saturated rings. The highest BCUT2D eigenvalue weighted by Gasteiger charge is 2.38. The molecule has 0 aliphatic rings. The van der Waals surface area contributed by atoms with Crippen LogP contribution < -0.4 is 25.9 Å². The number of nitrogens with zero attached hydrogens (tertiary/aromatic N) is 1. The maximum atomic E-state index is 13.3. The number of ether oxygens (including phenoxy) is 1. The van der Waals surface area contributed by atoms with Crippen molar-refractivity contribution in [2.24, 2.45) is 16.9 Å². The Labute approximate surface area is 252 Å². The summed E-state index contributed by atoms with van der Waals surface area (Å²) >= 11 is 0. The molecule has 0 aliphatic carbocycles. The van der Waals surface area contributed by atoms with Gasteiger partial charge in [-0.3, -0.25) is 14.2 Å². The fourth-order valence-corrected chi connectivity index (χ4v) is 6.03. The highest BCUT2D eigenvalue weighted by Crippen LogP contribution is 2.55. The Morgan fingerprint density at radius 1 is 1.07 bits per heavy atom. The second-order valence-corrected chi connectivity index (χ2v) is 14.5. The predicted molar refractivity (Wildman–Crippen MR) is 158 cm³/mol. The molecule has 17 heteroatoms. The van der Waals surface area contributed by atoms with Crippen molar-refractivity contribution in [3.63, 3.8) is 0 Å². The Morgan fingerprint density at radius 2 is 1.70 bits per heavy atom. The number of amides is 3. The van der Waals surface area contributed by atoms with Crippen molar-refractivity contribution < 1.29 is 52.8 Å². The minimum atomic E-state index is -5.53. The number of quaternary nitrogens is 1. The molecule has 0 aromatic heterocycles. The van der Waals surface area contributed by atoms with Crippen molar-refractivity contribution in [1.82, 2.24) is 16.0 Å². The summed E-state index contributed by atoms with van der Waals surface area (Å²) in [4.78, 5) is 76.2. The molecule has 244 valence electrons. The number of benzene rings is 1. The zero-order valence-electron chi connectivity index (χ0n) is 25.1. The van der Waals surface area contributed by atoms with Gasteiger partial charge in [0.1, 0.15) is 19.2 Å². The van der Waals surface area contributed by atoms with Crippen LogP contribution in [-0.4, -0.2) is 70.0 Å². The van der Waals surface area contributed by atoms with Crippen LogP contribution in [0.4, 0.5) is 4.79 Å². The summed E-state index contributed by atoms with van der Waals surface area (Å²) < 4.78 is 27.8. The van der Waals surface area contributed by atoms with Gasteiger partial charge in [0.15, 0.2) is 13.1 Å². The normalized spacial score (nSPS) is 16.9. The third-order valence-electron chi connectivity index (χ3n) is 6.37. The quantitative estimate of drug-likeness (QED) is 0.0651. The van der Waals surface area contributed by atoms with Gasteiger partial charge in [-0.15, -0.1) is 0 Å². The lowest BCUT2D eigenvalue weighted by molar-refractivity contribution is -0.886. The molecule has 0 bridgehead atoms. The van der Waals surface area contributed by atoms with E-state index >= 15 is 0 Å². The van der Waals surface area contributed by atoms with Crippen LogP contribution in [0.3, 0.4) is 0 Å². The van der Waals surface area contributed by atoms with Gasteiger partial charge in [-0.2, -0.15) is 0 Å². The summed E-state index contributed by atoms with van der Waals surface area (Å²) in [6.07, 6.45) is 1.92. The molecule has 43 heavy (non-hydrogen) atoms. The van der Waals surface area contributed by atoms with Gasteiger partial charge >= 0.3 is 13.7 Å². The highest BCUT2D eigenvalue weighted by molar-refractivity contribution is 7.70. The molecule has 6 atom stereocenters. The Bertz CT molecular complexity index is 1140. The molecule has 15 nitrogen and oxygen atoms in total. The van der Waals surface area contributed by atoms with E-state index in [0.29, 0.717) is 17.9 Å². The Balaban J connectivity index is 2.75. The molecule has 1 rings (SSSR count). The molecule has 0 spiro atoms. The van der Waals surface area contributed by atoms with E-state index < -0.39 is 50.7 Å². The molecule has 0 radical (unpaired) electrons. The molecule has 0 aliphatic heterocycles. The Morgan fingerprint density at radius 3 is 2.23 bits per heavy atom. The lowest BCUT2D eigenvalue weighted by Gasteiger charge is -2.28. The molecule has 1 aromatic carbocycles. The fraction of sp³-hybridized carbons (Fsp3) is 0.615. The molecular weight excluding hydrogens is 604 g/mol. The van der Waals surface area contributed by atoms with Crippen LogP contribution in [0.5, 0.6) is 0 Å². The van der Waals surface area contributed by atoms with Crippen molar-refractivity contribution in [2.45, 2.75) is 77.6 Å². The number of carbonyl (C=O) groups excluding carboxylic acids is 3. The van der Waals surface area contributed by atoms with Gasteiger partial charge < -0.3 is 44.8 Å². The van der Waals surface area contributed by atoms with Gasteiger partial charge in [-0.05, 0) is 23.8 Å². The molecule has 0 saturated heterocycles. The van der Waals surface area contributed by atoms with Crippen molar-refractivity contribution in [1.29, 1.82) is 0 Å². The third-order valence-corrected chi connectivity index (χ3v) is 9.66. The van der Waals surface area contributed by atoms with Gasteiger partial charge in [0.05, 0.1) is 19.3 Å². The van der Waals surface area contributed by atoms with Crippen LogP contribution in [0.2, 0.25) is 0 Å². The first kappa shape index (κ1) is 38.4. The zero-order valence-corrected chi connectivity index (χ0v) is 26.9. The number of alkyl carbamates (subject to hydrolysis) is 1. The molecular formula is C26H45N5O10P2. The molecule has 0 saturated carbocycles. The summed E-state index contributed by atoms with van der Waals surface area (Å²) in [7, 11) is -9.18. The van der Waals surface area contributed by atoms with Crippen LogP contribution in [0.15, 0.2) is 35.4 Å². The van der Waals surface area contributed by atoms with E-state index in [0.717, 1.165) is 5.56 Å². The van der Waals surface area contributed by atoms with E-state index in [-0.39, 0.29) is 37.8 Å². The maximum absolute atomic E-state index is 13.3. The second-order valence-electron chi connectivity index (χ2n) is 10.8. The van der Waals surface area contributed by atoms with Crippen LogP contribution >= 0.6 is 15.2 Å². The number of hydrogen-bond acceptors (Lipinski definition) is 8. The van der Waals surface area contributed by atoms with Crippen molar-refractivity contribution >= 4 is 39.3 Å². The van der Waals surface area contributed by atoms with E-state index in [1.807, 2.05) is 58.0 Å². The van der Waals surface area contributed by atoms with E-state index in [1.165, 1.54) is 0 Å². The minimum absolute atomic E-state index is 0.0616. The standard InChI is InChI=1S/C26H45N5O10P2/c1-6-19(4)23(30-25(34)41-17-20-11-8-7-9-12-20)24(33)28-21(15-18(2)3)16-27-31(5)14-10-13-22(32)29-26(42(35,36)37)43(38,39)40/h7-9,11-12,16,18-19,21,23,26H,6,10,13-15,17H2,1-5H3,(H,28,33)(H,29,32)(H,30,34)(H2,35,36,37)(H2,38,39,40)/b27-16+/t19-,21-,23-/m0/s1. The first-order chi connectivity index (χ1) is 19.9. The summed E-state index contributed by atoms with van der Waals surface area (Å²) in [6.45, 7) is 8.05. The molecule has 7 N–H and O–H groups in total. The molecule has 1 aromatic rings. The Hall–Kier alpha value is -2.64. The SMILES string of the molecule is CC[C@H](C)[C@H](NC(=O)OCc1ccccc1)C(=O)N[C@H](/C=N/[NH+](C)CCCC(=O)NC(P(=O)([O-])O)P(=O)(O)O)CC(C)C. The number of carbonyl (C=O) groups is 3. The maximum Gasteiger partial charge on any atom is 0.408 e. The monoisotopic (exact) mass is 649 g/mol. The van der Waals surface area contributed by atoms with Crippen LogP contribution in [0.25, 0.3) is 0 Å². The van der Waals surface area contributed by atoms with E-state index in [4.69, 9.17) is 19.4 Å². The molecule has 0 heterocycles. The second kappa shape index (κ2) is 18.2. The summed E-state index contributed by atoms with van der Waals surface area (Å²) in [6, 6.07) is 7.83. The van der Waals surface area contributed by atoms with E-state index in [1.54, 1.807) is 18.6 Å². The van der Waals surface area contributed by atoms with Gasteiger partial charge in [0.2, 0.25) is 11.8 Å². The van der Waals surface area contributed by atoms with E-state index in [9.17, 15) is 28.4 Å². The lowest BCUT2D eigenvalue weighted by Crippen LogP contribution is -3.04. The average molecular weight is 650 g/mol. The van der Waals surface area contributed by atoms with Crippen LogP contribution in [0, 0.1) is 11.8 Å². The van der Waals surface area contributed by atoms with E-state index in [2.05, 4.69) is 15.7 Å². The largest absolute Gasteiger partial charge is 0.777 e. The smallest absolute Gasteiger partial charge is 0.408 e. The third kappa shape index (κ3) is 15.6. The van der Waals surface area contributed by atoms with Gasteiger partial charge in [-0.1, -0.05) is 69.5 Å².